The topological polar surface area (TPSA) is 148 Å². The van der Waals surface area contributed by atoms with Gasteiger partial charge in [0.05, 0.1) is 0 Å². The molecular weight excluding hydrogens is 648 g/mol. The number of amides is 6. The van der Waals surface area contributed by atoms with E-state index in [0.29, 0.717) is 12.8 Å². The van der Waals surface area contributed by atoms with Gasteiger partial charge in [0.2, 0.25) is 35.4 Å². The highest BCUT2D eigenvalue weighted by Gasteiger charge is 2.38. The number of hydrogen-bond donors (Lipinski definition) is 3. The summed E-state index contributed by atoms with van der Waals surface area (Å²) in [6, 6.07) is 13.9. The maximum atomic E-state index is 14.4. The summed E-state index contributed by atoms with van der Waals surface area (Å²) in [5, 5.41) is 8.16. The predicted octanol–water partition coefficient (Wildman–Crippen LogP) is 2.80. The second kappa shape index (κ2) is 20.2. The van der Waals surface area contributed by atoms with Gasteiger partial charge in [0.15, 0.2) is 0 Å². The fourth-order valence-electron chi connectivity index (χ4n) is 6.08. The minimum absolute atomic E-state index is 0.0191. The summed E-state index contributed by atoms with van der Waals surface area (Å²) in [6.45, 7) is 10.7. The maximum absolute atomic E-state index is 14.4. The SMILES string of the molecule is CNC(=O)[C@H](Cc1ccccc1)N(C)C(=O)[C@H](C)NC(=O)[C@H](Cc1ccccc1)N(C)C(=O)[C@H](CC(C)C)N(C)C(=O)[C@H](CC(C)C)NC(C)=O. The van der Waals surface area contributed by atoms with E-state index in [4.69, 9.17) is 0 Å². The predicted molar refractivity (Wildman–Crippen MR) is 198 cm³/mol. The lowest BCUT2D eigenvalue weighted by Crippen LogP contribution is -2.60. The lowest BCUT2D eigenvalue weighted by Gasteiger charge is -2.37. The Morgan fingerprint density at radius 2 is 1.00 bits per heavy atom. The van der Waals surface area contributed by atoms with E-state index in [9.17, 15) is 28.8 Å². The van der Waals surface area contributed by atoms with Gasteiger partial charge in [-0.15, -0.1) is 0 Å². The van der Waals surface area contributed by atoms with Crippen LogP contribution >= 0.6 is 0 Å². The Hall–Kier alpha value is -4.74. The normalized spacial score (nSPS) is 14.0. The Morgan fingerprint density at radius 3 is 1.43 bits per heavy atom. The molecule has 0 radical (unpaired) electrons. The first-order valence-electron chi connectivity index (χ1n) is 17.6. The summed E-state index contributed by atoms with van der Waals surface area (Å²) in [7, 11) is 6.12. The van der Waals surface area contributed by atoms with E-state index >= 15 is 0 Å². The smallest absolute Gasteiger partial charge is 0.245 e. The summed E-state index contributed by atoms with van der Waals surface area (Å²) >= 11 is 0. The van der Waals surface area contributed by atoms with Crippen LogP contribution < -0.4 is 16.0 Å². The van der Waals surface area contributed by atoms with Gasteiger partial charge in [-0.25, -0.2) is 0 Å². The highest BCUT2D eigenvalue weighted by atomic mass is 16.2. The number of rotatable bonds is 18. The zero-order chi connectivity index (χ0) is 38.4. The number of benzene rings is 2. The molecule has 0 spiro atoms. The van der Waals surface area contributed by atoms with Crippen LogP contribution in [-0.4, -0.2) is 109 Å². The van der Waals surface area contributed by atoms with E-state index in [1.54, 1.807) is 14.0 Å². The van der Waals surface area contributed by atoms with Crippen molar-refractivity contribution in [1.29, 1.82) is 0 Å². The van der Waals surface area contributed by atoms with E-state index in [2.05, 4.69) is 16.0 Å². The third-order valence-corrected chi connectivity index (χ3v) is 8.93. The lowest BCUT2D eigenvalue weighted by molar-refractivity contribution is -0.150. The van der Waals surface area contributed by atoms with Crippen molar-refractivity contribution in [2.24, 2.45) is 11.8 Å². The largest absolute Gasteiger partial charge is 0.357 e. The zero-order valence-corrected chi connectivity index (χ0v) is 31.9. The molecule has 0 aliphatic heterocycles. The van der Waals surface area contributed by atoms with E-state index in [-0.39, 0.29) is 36.5 Å². The molecule has 12 nitrogen and oxygen atoms in total. The molecule has 0 saturated carbocycles. The van der Waals surface area contributed by atoms with Crippen LogP contribution in [0.15, 0.2) is 60.7 Å². The second-order valence-electron chi connectivity index (χ2n) is 14.1. The van der Waals surface area contributed by atoms with Gasteiger partial charge in [-0.3, -0.25) is 28.8 Å². The van der Waals surface area contributed by atoms with Crippen molar-refractivity contribution in [2.75, 3.05) is 28.2 Å². The van der Waals surface area contributed by atoms with Gasteiger partial charge >= 0.3 is 0 Å². The van der Waals surface area contributed by atoms with E-state index in [0.717, 1.165) is 11.1 Å². The molecule has 51 heavy (non-hydrogen) atoms. The van der Waals surface area contributed by atoms with E-state index in [1.165, 1.54) is 42.8 Å². The summed E-state index contributed by atoms with van der Waals surface area (Å²) in [4.78, 5) is 84.9. The molecule has 6 amide bonds. The first kappa shape index (κ1) is 42.4. The summed E-state index contributed by atoms with van der Waals surface area (Å²) in [5.74, 6) is -2.43. The molecule has 2 aromatic carbocycles. The second-order valence-corrected chi connectivity index (χ2v) is 14.1. The lowest BCUT2D eigenvalue weighted by atomic mass is 9.97. The summed E-state index contributed by atoms with van der Waals surface area (Å²) < 4.78 is 0. The first-order valence-corrected chi connectivity index (χ1v) is 17.6. The quantitative estimate of drug-likeness (QED) is 0.217. The molecule has 2 aromatic rings. The van der Waals surface area contributed by atoms with Crippen LogP contribution in [0.5, 0.6) is 0 Å². The molecule has 0 saturated heterocycles. The van der Waals surface area contributed by atoms with Gasteiger partial charge in [-0.2, -0.15) is 0 Å². The van der Waals surface area contributed by atoms with Gasteiger partial charge in [0.1, 0.15) is 30.2 Å². The number of carbonyl (C=O) groups is 6. The molecule has 280 valence electrons. The highest BCUT2D eigenvalue weighted by Crippen LogP contribution is 2.19. The third kappa shape index (κ3) is 12.8. The van der Waals surface area contributed by atoms with Crippen molar-refractivity contribution >= 4 is 35.4 Å². The van der Waals surface area contributed by atoms with Crippen molar-refractivity contribution in [3.63, 3.8) is 0 Å². The van der Waals surface area contributed by atoms with Crippen molar-refractivity contribution in [1.82, 2.24) is 30.7 Å². The average molecular weight is 707 g/mol. The van der Waals surface area contributed by atoms with Crippen LogP contribution in [0.1, 0.15) is 65.5 Å². The minimum Gasteiger partial charge on any atom is -0.357 e. The van der Waals surface area contributed by atoms with Gasteiger partial charge in [-0.1, -0.05) is 88.4 Å². The highest BCUT2D eigenvalue weighted by molar-refractivity contribution is 5.96. The zero-order valence-electron chi connectivity index (χ0n) is 31.9. The molecule has 2 rings (SSSR count). The Balaban J connectivity index is 2.40. The van der Waals surface area contributed by atoms with Gasteiger partial charge in [-0.05, 0) is 42.7 Å². The molecular formula is C39H58N6O6. The number of likely N-dealkylation sites (N-methyl/N-ethyl adjacent to an activating group) is 4. The van der Waals surface area contributed by atoms with Crippen LogP contribution in [-0.2, 0) is 41.6 Å². The van der Waals surface area contributed by atoms with Crippen LogP contribution in [0.4, 0.5) is 0 Å². The molecule has 0 unspecified atom stereocenters. The van der Waals surface area contributed by atoms with Crippen LogP contribution in [0, 0.1) is 11.8 Å². The molecule has 0 fully saturated rings. The van der Waals surface area contributed by atoms with Crippen LogP contribution in [0.25, 0.3) is 0 Å². The van der Waals surface area contributed by atoms with Crippen LogP contribution in [0.2, 0.25) is 0 Å². The Kier molecular flexibility index (Phi) is 16.8. The van der Waals surface area contributed by atoms with E-state index < -0.39 is 53.8 Å². The number of hydrogen-bond acceptors (Lipinski definition) is 6. The van der Waals surface area contributed by atoms with Gasteiger partial charge in [0, 0.05) is 48.0 Å². The minimum atomic E-state index is -1.04. The molecule has 5 atom stereocenters. The number of nitrogens with one attached hydrogen (secondary N) is 3. The van der Waals surface area contributed by atoms with Crippen molar-refractivity contribution in [2.45, 2.75) is 97.4 Å². The fourth-order valence-corrected chi connectivity index (χ4v) is 6.08. The van der Waals surface area contributed by atoms with Crippen LogP contribution in [0.3, 0.4) is 0 Å². The summed E-state index contributed by atoms with van der Waals surface area (Å²) in [6.07, 6.45) is 1.14. The van der Waals surface area contributed by atoms with Gasteiger partial charge < -0.3 is 30.7 Å². The number of carbonyl (C=O) groups excluding carboxylic acids is 6. The van der Waals surface area contributed by atoms with Crippen molar-refractivity contribution in [3.05, 3.63) is 71.8 Å². The standard InChI is InChI=1S/C39H58N6O6/c1-25(2)21-31(42-28(6)46)38(50)45(10)34(22-26(3)4)39(51)44(9)33(24-30-19-15-12-16-20-30)36(48)41-27(5)37(49)43(8)32(35(47)40-7)23-29-17-13-11-14-18-29/h11-20,25-27,31-34H,21-24H2,1-10H3,(H,40,47)(H,41,48)(H,42,46)/t27-,31-,32-,33-,34-/m0/s1. The molecule has 0 bridgehead atoms. The monoisotopic (exact) mass is 706 g/mol. The van der Waals surface area contributed by atoms with E-state index in [1.807, 2.05) is 88.4 Å². The molecule has 12 heteroatoms. The number of nitrogens with zero attached hydrogens (tertiary/aromatic N) is 3. The molecule has 0 aromatic heterocycles. The Labute approximate surface area is 303 Å². The molecule has 0 aliphatic rings. The summed E-state index contributed by atoms with van der Waals surface area (Å²) in [5.41, 5.74) is 1.67. The molecule has 0 heterocycles. The average Bonchev–Trinajstić information content (AvgIpc) is 3.09. The maximum Gasteiger partial charge on any atom is 0.245 e. The fraction of sp³-hybridized carbons (Fsp3) is 0.538. The first-order chi connectivity index (χ1) is 24.0. The third-order valence-electron chi connectivity index (χ3n) is 8.93. The van der Waals surface area contributed by atoms with Gasteiger partial charge in [0.25, 0.3) is 0 Å². The van der Waals surface area contributed by atoms with Crippen molar-refractivity contribution in [3.8, 4) is 0 Å². The molecule has 0 aliphatic carbocycles. The van der Waals surface area contributed by atoms with Crippen molar-refractivity contribution < 1.29 is 28.8 Å². The Morgan fingerprint density at radius 1 is 0.569 bits per heavy atom. The Bertz CT molecular complexity index is 1470. The molecule has 3 N–H and O–H groups in total.